The topological polar surface area (TPSA) is 17.1 Å². The average Bonchev–Trinajstić information content (AvgIpc) is 1.98. The molecule has 0 saturated carbocycles. The van der Waals surface area contributed by atoms with Gasteiger partial charge in [-0.25, -0.2) is 0 Å². The van der Waals surface area contributed by atoms with E-state index in [4.69, 9.17) is 0 Å². The first-order valence-electron chi connectivity index (χ1n) is 3.49. The highest BCUT2D eigenvalue weighted by Gasteiger charge is 2.06. The van der Waals surface area contributed by atoms with Crippen LogP contribution in [0.3, 0.4) is 0 Å². The summed E-state index contributed by atoms with van der Waals surface area (Å²) >= 11 is 0. The maximum Gasteiger partial charge on any atom is 0.157 e. The smallest absolute Gasteiger partial charge is 0.157 e. The molecular weight excluding hydrogens is 124 g/mol. The van der Waals surface area contributed by atoms with Gasteiger partial charge in [-0.1, -0.05) is 19.6 Å². The van der Waals surface area contributed by atoms with Gasteiger partial charge in [0.1, 0.15) is 0 Å². The highest BCUT2D eigenvalue weighted by Crippen LogP contribution is 2.06. The number of ketones is 1. The van der Waals surface area contributed by atoms with Crippen LogP contribution in [0.1, 0.15) is 19.8 Å². The number of allylic oxidation sites excluding steroid dienone is 2. The fraction of sp³-hybridized carbons (Fsp3) is 0.444. The molecule has 0 bridgehead atoms. The monoisotopic (exact) mass is 138 g/mol. The van der Waals surface area contributed by atoms with E-state index in [1.54, 1.807) is 0 Å². The highest BCUT2D eigenvalue weighted by molar-refractivity contribution is 5.90. The Morgan fingerprint density at radius 2 is 2.20 bits per heavy atom. The van der Waals surface area contributed by atoms with Crippen molar-refractivity contribution in [3.63, 3.8) is 0 Å². The van der Waals surface area contributed by atoms with E-state index in [0.29, 0.717) is 0 Å². The Balaban J connectivity index is 3.60. The van der Waals surface area contributed by atoms with Gasteiger partial charge in [0.25, 0.3) is 0 Å². The molecule has 0 aliphatic heterocycles. The predicted octanol–water partition coefficient (Wildman–Crippen LogP) is 2.34. The molecule has 0 saturated heterocycles. The van der Waals surface area contributed by atoms with Crippen LogP contribution in [0.2, 0.25) is 0 Å². The lowest BCUT2D eigenvalue weighted by Gasteiger charge is -2.03. The van der Waals surface area contributed by atoms with E-state index in [0.717, 1.165) is 12.8 Å². The molecule has 0 aromatic carbocycles. The maximum atomic E-state index is 10.9. The van der Waals surface area contributed by atoms with Gasteiger partial charge in [-0.05, 0) is 18.9 Å². The fourth-order valence-electron chi connectivity index (χ4n) is 0.711. The summed E-state index contributed by atoms with van der Waals surface area (Å²) in [7, 11) is 0. The van der Waals surface area contributed by atoms with Crippen LogP contribution < -0.4 is 0 Å². The van der Waals surface area contributed by atoms with Crippen molar-refractivity contribution in [2.45, 2.75) is 19.8 Å². The van der Waals surface area contributed by atoms with E-state index < -0.39 is 0 Å². The van der Waals surface area contributed by atoms with Crippen LogP contribution in [0.5, 0.6) is 0 Å². The van der Waals surface area contributed by atoms with E-state index in [-0.39, 0.29) is 11.7 Å². The number of carbonyl (C=O) groups excluding carboxylic acids is 1. The van der Waals surface area contributed by atoms with Gasteiger partial charge in [0, 0.05) is 5.92 Å². The first-order valence-corrected chi connectivity index (χ1v) is 3.49. The minimum atomic E-state index is 0.107. The van der Waals surface area contributed by atoms with Gasteiger partial charge in [-0.2, -0.15) is 0 Å². The Labute approximate surface area is 62.4 Å². The van der Waals surface area contributed by atoms with Crippen molar-refractivity contribution < 1.29 is 4.79 Å². The van der Waals surface area contributed by atoms with Crippen LogP contribution in [0, 0.1) is 5.92 Å². The van der Waals surface area contributed by atoms with Gasteiger partial charge < -0.3 is 0 Å². The van der Waals surface area contributed by atoms with Crippen LogP contribution in [0.25, 0.3) is 0 Å². The molecule has 0 heterocycles. The molecule has 0 aliphatic carbocycles. The molecule has 0 spiro atoms. The van der Waals surface area contributed by atoms with Crippen LogP contribution in [-0.2, 0) is 4.79 Å². The predicted molar refractivity (Wildman–Crippen MR) is 43.8 cm³/mol. The van der Waals surface area contributed by atoms with Crippen molar-refractivity contribution in [1.29, 1.82) is 0 Å². The first-order chi connectivity index (χ1) is 4.72. The molecule has 0 amide bonds. The standard InChI is InChI=1S/C9H14O/c1-4-6-7-8(3)9(10)5-2/h4-5,8H,1-2,6-7H2,3H3. The lowest BCUT2D eigenvalue weighted by atomic mass is 10.0. The summed E-state index contributed by atoms with van der Waals surface area (Å²) in [5, 5.41) is 0. The highest BCUT2D eigenvalue weighted by atomic mass is 16.1. The van der Waals surface area contributed by atoms with Crippen molar-refractivity contribution in [3.05, 3.63) is 25.3 Å². The minimum absolute atomic E-state index is 0.107. The van der Waals surface area contributed by atoms with Crippen LogP contribution in [-0.4, -0.2) is 5.78 Å². The lowest BCUT2D eigenvalue weighted by molar-refractivity contribution is -0.117. The summed E-state index contributed by atoms with van der Waals surface area (Å²) in [5.41, 5.74) is 0. The van der Waals surface area contributed by atoms with E-state index in [2.05, 4.69) is 13.2 Å². The first kappa shape index (κ1) is 9.15. The Morgan fingerprint density at radius 3 is 2.60 bits per heavy atom. The molecule has 56 valence electrons. The van der Waals surface area contributed by atoms with Crippen molar-refractivity contribution in [3.8, 4) is 0 Å². The Hall–Kier alpha value is -0.850. The summed E-state index contributed by atoms with van der Waals surface area (Å²) in [4.78, 5) is 10.9. The Bertz CT molecular complexity index is 136. The summed E-state index contributed by atoms with van der Waals surface area (Å²) in [5.74, 6) is 0.234. The molecule has 0 rings (SSSR count). The molecule has 1 atom stereocenters. The number of hydrogen-bond acceptors (Lipinski definition) is 1. The number of rotatable bonds is 5. The van der Waals surface area contributed by atoms with Crippen LogP contribution >= 0.6 is 0 Å². The third-order valence-corrected chi connectivity index (χ3v) is 1.49. The van der Waals surface area contributed by atoms with Gasteiger partial charge in [-0.3, -0.25) is 4.79 Å². The van der Waals surface area contributed by atoms with Gasteiger partial charge >= 0.3 is 0 Å². The zero-order chi connectivity index (χ0) is 7.98. The van der Waals surface area contributed by atoms with E-state index in [1.165, 1.54) is 6.08 Å². The molecule has 10 heavy (non-hydrogen) atoms. The van der Waals surface area contributed by atoms with E-state index in [1.807, 2.05) is 13.0 Å². The van der Waals surface area contributed by atoms with Gasteiger partial charge in [-0.15, -0.1) is 6.58 Å². The quantitative estimate of drug-likeness (QED) is 0.421. The van der Waals surface area contributed by atoms with Crippen molar-refractivity contribution in [2.75, 3.05) is 0 Å². The van der Waals surface area contributed by atoms with Crippen molar-refractivity contribution in [2.24, 2.45) is 5.92 Å². The zero-order valence-electron chi connectivity index (χ0n) is 6.47. The van der Waals surface area contributed by atoms with Gasteiger partial charge in [0.15, 0.2) is 5.78 Å². The molecule has 0 fully saturated rings. The van der Waals surface area contributed by atoms with Crippen LogP contribution in [0.4, 0.5) is 0 Å². The van der Waals surface area contributed by atoms with Gasteiger partial charge in [0.05, 0.1) is 0 Å². The maximum absolute atomic E-state index is 10.9. The zero-order valence-corrected chi connectivity index (χ0v) is 6.47. The summed E-state index contributed by atoms with van der Waals surface area (Å²) in [6, 6.07) is 0. The molecule has 1 unspecified atom stereocenters. The second-order valence-electron chi connectivity index (χ2n) is 2.37. The molecule has 0 N–H and O–H groups in total. The molecular formula is C9H14O. The molecule has 0 aromatic rings. The van der Waals surface area contributed by atoms with Crippen molar-refractivity contribution >= 4 is 5.78 Å². The SMILES string of the molecule is C=CCCC(C)C(=O)C=C. The molecule has 1 heteroatoms. The normalized spacial score (nSPS) is 12.1. The lowest BCUT2D eigenvalue weighted by Crippen LogP contribution is -2.06. The number of hydrogen-bond donors (Lipinski definition) is 0. The van der Waals surface area contributed by atoms with E-state index >= 15 is 0 Å². The summed E-state index contributed by atoms with van der Waals surface area (Å²) in [6.45, 7) is 8.91. The largest absolute Gasteiger partial charge is 0.295 e. The number of carbonyl (C=O) groups is 1. The Kier molecular flexibility index (Phi) is 4.55. The molecule has 0 radical (unpaired) electrons. The molecule has 1 nitrogen and oxygen atoms in total. The van der Waals surface area contributed by atoms with Gasteiger partial charge in [0.2, 0.25) is 0 Å². The minimum Gasteiger partial charge on any atom is -0.295 e. The van der Waals surface area contributed by atoms with Crippen LogP contribution in [0.15, 0.2) is 25.3 Å². The fourth-order valence-corrected chi connectivity index (χ4v) is 0.711. The molecule has 0 aromatic heterocycles. The second kappa shape index (κ2) is 4.98. The van der Waals surface area contributed by atoms with E-state index in [9.17, 15) is 4.79 Å². The van der Waals surface area contributed by atoms with Crippen molar-refractivity contribution in [1.82, 2.24) is 0 Å². The summed E-state index contributed by atoms with van der Waals surface area (Å²) < 4.78 is 0. The molecule has 0 aliphatic rings. The second-order valence-corrected chi connectivity index (χ2v) is 2.37. The third-order valence-electron chi connectivity index (χ3n) is 1.49. The third kappa shape index (κ3) is 3.23. The average molecular weight is 138 g/mol. The summed E-state index contributed by atoms with van der Waals surface area (Å²) in [6.07, 6.45) is 5.00. The Morgan fingerprint density at radius 1 is 1.60 bits per heavy atom.